The van der Waals surface area contributed by atoms with Crippen molar-refractivity contribution in [2.45, 2.75) is 6.54 Å². The van der Waals surface area contributed by atoms with Gasteiger partial charge >= 0.3 is 0 Å². The van der Waals surface area contributed by atoms with Crippen LogP contribution in [-0.2, 0) is 11.3 Å². The van der Waals surface area contributed by atoms with E-state index in [4.69, 9.17) is 0 Å². The molecule has 5 heteroatoms. The summed E-state index contributed by atoms with van der Waals surface area (Å²) in [5, 5.41) is 2.98. The molecule has 0 saturated carbocycles. The van der Waals surface area contributed by atoms with Crippen LogP contribution in [0.4, 0.5) is 4.39 Å². The maximum atomic E-state index is 13.5. The average molecular weight is 287 g/mol. The normalized spacial score (nSPS) is 16.6. The van der Waals surface area contributed by atoms with Crippen molar-refractivity contribution >= 4 is 21.8 Å². The molecule has 1 aliphatic heterocycles. The van der Waals surface area contributed by atoms with Crippen molar-refractivity contribution in [2.75, 3.05) is 19.6 Å². The molecule has 1 N–H and O–H groups in total. The molecular weight excluding hydrogens is 275 g/mol. The maximum absolute atomic E-state index is 13.5. The van der Waals surface area contributed by atoms with Crippen molar-refractivity contribution < 1.29 is 9.18 Å². The maximum Gasteiger partial charge on any atom is 0.236 e. The van der Waals surface area contributed by atoms with E-state index in [0.717, 1.165) is 6.54 Å². The molecule has 1 fully saturated rings. The van der Waals surface area contributed by atoms with Gasteiger partial charge in [-0.2, -0.15) is 0 Å². The first kappa shape index (κ1) is 11.5. The second-order valence-electron chi connectivity index (χ2n) is 3.73. The second-order valence-corrected chi connectivity index (χ2v) is 4.64. The first-order chi connectivity index (χ1) is 7.66. The van der Waals surface area contributed by atoms with Crippen LogP contribution in [-0.4, -0.2) is 30.4 Å². The van der Waals surface area contributed by atoms with Gasteiger partial charge in [-0.15, -0.1) is 0 Å². The zero-order valence-electron chi connectivity index (χ0n) is 8.67. The molecule has 86 valence electrons. The Kier molecular flexibility index (Phi) is 3.56. The minimum absolute atomic E-state index is 0.0218. The van der Waals surface area contributed by atoms with Crippen molar-refractivity contribution in [3.8, 4) is 0 Å². The molecule has 0 unspecified atom stereocenters. The van der Waals surface area contributed by atoms with Crippen molar-refractivity contribution in [3.63, 3.8) is 0 Å². The lowest BCUT2D eigenvalue weighted by atomic mass is 10.2. The van der Waals surface area contributed by atoms with E-state index in [-0.39, 0.29) is 11.7 Å². The molecule has 2 rings (SSSR count). The van der Waals surface area contributed by atoms with Crippen LogP contribution in [0.2, 0.25) is 0 Å². The summed E-state index contributed by atoms with van der Waals surface area (Å²) in [5.74, 6) is -0.255. The van der Waals surface area contributed by atoms with Gasteiger partial charge in [0.05, 0.1) is 6.54 Å². The van der Waals surface area contributed by atoms with Gasteiger partial charge in [-0.25, -0.2) is 4.39 Å². The van der Waals surface area contributed by atoms with Crippen molar-refractivity contribution in [3.05, 3.63) is 34.1 Å². The van der Waals surface area contributed by atoms with E-state index in [1.165, 1.54) is 6.07 Å². The third-order valence-corrected chi connectivity index (χ3v) is 3.06. The van der Waals surface area contributed by atoms with Crippen molar-refractivity contribution in [2.24, 2.45) is 0 Å². The summed E-state index contributed by atoms with van der Waals surface area (Å²) >= 11 is 3.20. The van der Waals surface area contributed by atoms with Crippen LogP contribution in [0.25, 0.3) is 0 Å². The molecule has 0 radical (unpaired) electrons. The number of piperazine rings is 1. The van der Waals surface area contributed by atoms with Crippen molar-refractivity contribution in [1.82, 2.24) is 10.2 Å². The number of carbonyl (C=O) groups excluding carboxylic acids is 1. The van der Waals surface area contributed by atoms with E-state index >= 15 is 0 Å². The van der Waals surface area contributed by atoms with Gasteiger partial charge in [0, 0.05) is 29.7 Å². The Bertz CT molecular complexity index is 411. The highest BCUT2D eigenvalue weighted by atomic mass is 79.9. The fourth-order valence-corrected chi connectivity index (χ4v) is 2.00. The molecule has 0 atom stereocenters. The molecule has 3 nitrogen and oxygen atoms in total. The highest BCUT2D eigenvalue weighted by Gasteiger charge is 2.18. The smallest absolute Gasteiger partial charge is 0.236 e. The predicted molar refractivity (Wildman–Crippen MR) is 62.4 cm³/mol. The van der Waals surface area contributed by atoms with Crippen LogP contribution in [0.3, 0.4) is 0 Å². The Labute approximate surface area is 102 Å². The Balaban J connectivity index is 2.10. The van der Waals surface area contributed by atoms with Crippen LogP contribution in [0.5, 0.6) is 0 Å². The number of benzene rings is 1. The van der Waals surface area contributed by atoms with Crippen LogP contribution >= 0.6 is 15.9 Å². The van der Waals surface area contributed by atoms with Crippen LogP contribution in [0.1, 0.15) is 5.56 Å². The number of nitrogens with zero attached hydrogens (tertiary/aromatic N) is 1. The third kappa shape index (κ3) is 2.59. The second kappa shape index (κ2) is 4.93. The molecule has 0 aliphatic carbocycles. The highest BCUT2D eigenvalue weighted by Crippen LogP contribution is 2.17. The fraction of sp³-hybridized carbons (Fsp3) is 0.364. The monoisotopic (exact) mass is 286 g/mol. The summed E-state index contributed by atoms with van der Waals surface area (Å²) in [5.41, 5.74) is 0.554. The number of hydrogen-bond acceptors (Lipinski definition) is 2. The summed E-state index contributed by atoms with van der Waals surface area (Å²) in [6.07, 6.45) is 0. The molecule has 1 aliphatic rings. The Morgan fingerprint density at radius 1 is 1.50 bits per heavy atom. The molecule has 1 aromatic rings. The van der Waals surface area contributed by atoms with Crippen LogP contribution < -0.4 is 5.32 Å². The third-order valence-electron chi connectivity index (χ3n) is 2.56. The predicted octanol–water partition coefficient (Wildman–Crippen LogP) is 1.52. The van der Waals surface area contributed by atoms with E-state index < -0.39 is 0 Å². The lowest BCUT2D eigenvalue weighted by molar-refractivity contribution is -0.132. The molecule has 1 amide bonds. The lowest BCUT2D eigenvalue weighted by Crippen LogP contribution is -2.47. The van der Waals surface area contributed by atoms with Crippen LogP contribution in [0.15, 0.2) is 22.7 Å². The fourth-order valence-electron chi connectivity index (χ4n) is 1.67. The summed E-state index contributed by atoms with van der Waals surface area (Å²) in [4.78, 5) is 13.2. The number of rotatable bonds is 2. The van der Waals surface area contributed by atoms with Gasteiger partial charge in [0.1, 0.15) is 5.82 Å². The topological polar surface area (TPSA) is 32.3 Å². The molecule has 0 aromatic heterocycles. The summed E-state index contributed by atoms with van der Waals surface area (Å²) in [6.45, 7) is 2.09. The van der Waals surface area contributed by atoms with Gasteiger partial charge < -0.3 is 10.2 Å². The van der Waals surface area contributed by atoms with E-state index in [1.54, 1.807) is 17.0 Å². The molecule has 0 spiro atoms. The quantitative estimate of drug-likeness (QED) is 0.894. The summed E-state index contributed by atoms with van der Waals surface area (Å²) in [6, 6.07) is 4.90. The zero-order valence-corrected chi connectivity index (χ0v) is 10.3. The van der Waals surface area contributed by atoms with E-state index in [2.05, 4.69) is 21.2 Å². The highest BCUT2D eigenvalue weighted by molar-refractivity contribution is 9.10. The van der Waals surface area contributed by atoms with Gasteiger partial charge in [-0.1, -0.05) is 22.0 Å². The van der Waals surface area contributed by atoms with E-state index in [9.17, 15) is 9.18 Å². The summed E-state index contributed by atoms with van der Waals surface area (Å²) in [7, 11) is 0. The summed E-state index contributed by atoms with van der Waals surface area (Å²) < 4.78 is 14.3. The van der Waals surface area contributed by atoms with Gasteiger partial charge in [0.25, 0.3) is 0 Å². The lowest BCUT2D eigenvalue weighted by Gasteiger charge is -2.27. The zero-order chi connectivity index (χ0) is 11.5. The molecule has 1 saturated heterocycles. The first-order valence-electron chi connectivity index (χ1n) is 5.09. The van der Waals surface area contributed by atoms with Gasteiger partial charge in [0.15, 0.2) is 0 Å². The minimum Gasteiger partial charge on any atom is -0.336 e. The van der Waals surface area contributed by atoms with Gasteiger partial charge in [-0.05, 0) is 12.1 Å². The standard InChI is InChI=1S/C11H12BrFN2O/c12-9-2-1-8(10(13)5-9)7-15-4-3-14-6-11(15)16/h1-2,5,14H,3-4,6-7H2. The van der Waals surface area contributed by atoms with Gasteiger partial charge in [0.2, 0.25) is 5.91 Å². The SMILES string of the molecule is O=C1CNCCN1Cc1ccc(Br)cc1F. The van der Waals surface area contributed by atoms with E-state index in [0.29, 0.717) is 29.7 Å². The average Bonchev–Trinajstić information content (AvgIpc) is 2.25. The largest absolute Gasteiger partial charge is 0.336 e. The molecule has 0 bridgehead atoms. The number of amides is 1. The number of carbonyl (C=O) groups is 1. The molecule has 1 heterocycles. The molecular formula is C11H12BrFN2O. The number of nitrogens with one attached hydrogen (secondary N) is 1. The Morgan fingerprint density at radius 3 is 3.00 bits per heavy atom. The Morgan fingerprint density at radius 2 is 2.31 bits per heavy atom. The Hall–Kier alpha value is -0.940. The van der Waals surface area contributed by atoms with Crippen LogP contribution in [0, 0.1) is 5.82 Å². The van der Waals surface area contributed by atoms with Gasteiger partial charge in [-0.3, -0.25) is 4.79 Å². The first-order valence-corrected chi connectivity index (χ1v) is 5.88. The number of hydrogen-bond donors (Lipinski definition) is 1. The molecule has 1 aromatic carbocycles. The minimum atomic E-state index is -0.277. The molecule has 16 heavy (non-hydrogen) atoms. The van der Waals surface area contributed by atoms with E-state index in [1.807, 2.05) is 0 Å². The van der Waals surface area contributed by atoms with Crippen molar-refractivity contribution in [1.29, 1.82) is 0 Å². The number of halogens is 2.